The van der Waals surface area contributed by atoms with E-state index in [9.17, 15) is 0 Å². The SMILES string of the molecule is Cc1cc(C)cc(NN2C=NC(C)C2c2ccccc2)c1. The van der Waals surface area contributed by atoms with Gasteiger partial charge in [0.25, 0.3) is 0 Å². The molecule has 3 heteroatoms. The molecule has 3 nitrogen and oxygen atoms in total. The Labute approximate surface area is 126 Å². The zero-order chi connectivity index (χ0) is 14.8. The molecule has 2 aromatic carbocycles. The molecular weight excluding hydrogens is 258 g/mol. The number of aliphatic imine (C=N–C) groups is 1. The van der Waals surface area contributed by atoms with Crippen LogP contribution in [0.1, 0.15) is 29.7 Å². The molecule has 1 N–H and O–H groups in total. The van der Waals surface area contributed by atoms with Crippen molar-refractivity contribution in [1.82, 2.24) is 5.01 Å². The van der Waals surface area contributed by atoms with Crippen molar-refractivity contribution < 1.29 is 0 Å². The van der Waals surface area contributed by atoms with Crippen molar-refractivity contribution >= 4 is 12.0 Å². The summed E-state index contributed by atoms with van der Waals surface area (Å²) in [5.41, 5.74) is 8.39. The Kier molecular flexibility index (Phi) is 3.65. The van der Waals surface area contributed by atoms with E-state index >= 15 is 0 Å². The second-order valence-electron chi connectivity index (χ2n) is 5.76. The summed E-state index contributed by atoms with van der Waals surface area (Å²) in [7, 11) is 0. The minimum Gasteiger partial charge on any atom is -0.297 e. The van der Waals surface area contributed by atoms with Crippen LogP contribution in [0.5, 0.6) is 0 Å². The molecule has 0 radical (unpaired) electrons. The fraction of sp³-hybridized carbons (Fsp3) is 0.278. The fourth-order valence-electron chi connectivity index (χ4n) is 2.94. The van der Waals surface area contributed by atoms with Crippen molar-refractivity contribution in [3.05, 3.63) is 65.2 Å². The Balaban J connectivity index is 1.85. The average Bonchev–Trinajstić information content (AvgIpc) is 2.79. The maximum absolute atomic E-state index is 4.55. The van der Waals surface area contributed by atoms with E-state index in [1.54, 1.807) is 0 Å². The first kappa shape index (κ1) is 13.7. The van der Waals surface area contributed by atoms with Crippen LogP contribution in [-0.2, 0) is 0 Å². The highest BCUT2D eigenvalue weighted by Gasteiger charge is 2.29. The third-order valence-electron chi connectivity index (χ3n) is 3.80. The van der Waals surface area contributed by atoms with Crippen LogP contribution in [0.15, 0.2) is 53.5 Å². The van der Waals surface area contributed by atoms with Gasteiger partial charge in [0.15, 0.2) is 0 Å². The number of anilines is 1. The Hall–Kier alpha value is -2.29. The highest BCUT2D eigenvalue weighted by atomic mass is 15.5. The van der Waals surface area contributed by atoms with E-state index in [2.05, 4.69) is 78.7 Å². The van der Waals surface area contributed by atoms with Gasteiger partial charge in [-0.3, -0.25) is 15.4 Å². The number of benzene rings is 2. The summed E-state index contributed by atoms with van der Waals surface area (Å²) in [4.78, 5) is 4.55. The first-order valence-corrected chi connectivity index (χ1v) is 7.35. The fourth-order valence-corrected chi connectivity index (χ4v) is 2.94. The number of nitrogens with zero attached hydrogens (tertiary/aromatic N) is 2. The van der Waals surface area contributed by atoms with Gasteiger partial charge in [-0.15, -0.1) is 0 Å². The minimum atomic E-state index is 0.229. The van der Waals surface area contributed by atoms with Gasteiger partial charge >= 0.3 is 0 Å². The van der Waals surface area contributed by atoms with Crippen LogP contribution in [0.4, 0.5) is 5.69 Å². The summed E-state index contributed by atoms with van der Waals surface area (Å²) in [6.07, 6.45) is 1.90. The lowest BCUT2D eigenvalue weighted by atomic mass is 10.0. The molecule has 0 saturated carbocycles. The molecule has 0 fully saturated rings. The van der Waals surface area contributed by atoms with Crippen LogP contribution >= 0.6 is 0 Å². The van der Waals surface area contributed by atoms with E-state index in [0.717, 1.165) is 5.69 Å². The van der Waals surface area contributed by atoms with Crippen LogP contribution < -0.4 is 5.43 Å². The van der Waals surface area contributed by atoms with Gasteiger partial charge in [0.1, 0.15) is 6.34 Å². The molecule has 0 spiro atoms. The second-order valence-corrected chi connectivity index (χ2v) is 5.76. The first-order valence-electron chi connectivity index (χ1n) is 7.35. The summed E-state index contributed by atoms with van der Waals surface area (Å²) < 4.78 is 0. The Morgan fingerprint density at radius 3 is 2.33 bits per heavy atom. The van der Waals surface area contributed by atoms with Gasteiger partial charge in [-0.2, -0.15) is 0 Å². The van der Waals surface area contributed by atoms with E-state index < -0.39 is 0 Å². The molecule has 1 heterocycles. The maximum Gasteiger partial charge on any atom is 0.105 e. The predicted octanol–water partition coefficient (Wildman–Crippen LogP) is 4.10. The largest absolute Gasteiger partial charge is 0.297 e. The third kappa shape index (κ3) is 2.92. The second kappa shape index (κ2) is 5.60. The summed E-state index contributed by atoms with van der Waals surface area (Å²) >= 11 is 0. The van der Waals surface area contributed by atoms with E-state index in [0.29, 0.717) is 0 Å². The van der Waals surface area contributed by atoms with Crippen molar-refractivity contribution in [2.45, 2.75) is 32.9 Å². The van der Waals surface area contributed by atoms with E-state index in [4.69, 9.17) is 0 Å². The van der Waals surface area contributed by atoms with Crippen molar-refractivity contribution in [2.75, 3.05) is 5.43 Å². The summed E-state index contributed by atoms with van der Waals surface area (Å²) in [6.45, 7) is 6.39. The highest BCUT2D eigenvalue weighted by molar-refractivity contribution is 5.63. The number of aryl methyl sites for hydroxylation is 2. The molecule has 1 aliphatic heterocycles. The van der Waals surface area contributed by atoms with Gasteiger partial charge in [0.2, 0.25) is 0 Å². The zero-order valence-electron chi connectivity index (χ0n) is 12.7. The third-order valence-corrected chi connectivity index (χ3v) is 3.80. The lowest BCUT2D eigenvalue weighted by Gasteiger charge is -2.28. The van der Waals surface area contributed by atoms with Crippen molar-refractivity contribution in [2.24, 2.45) is 4.99 Å². The number of hydrogen-bond donors (Lipinski definition) is 1. The first-order chi connectivity index (χ1) is 10.1. The normalized spacial score (nSPS) is 20.8. The topological polar surface area (TPSA) is 27.6 Å². The van der Waals surface area contributed by atoms with Crippen LogP contribution in [0.2, 0.25) is 0 Å². The van der Waals surface area contributed by atoms with Crippen LogP contribution in [0.3, 0.4) is 0 Å². The number of nitrogens with one attached hydrogen (secondary N) is 1. The molecule has 0 bridgehead atoms. The van der Waals surface area contributed by atoms with Gasteiger partial charge in [-0.1, -0.05) is 36.4 Å². The van der Waals surface area contributed by atoms with Gasteiger partial charge in [-0.05, 0) is 49.6 Å². The minimum absolute atomic E-state index is 0.229. The van der Waals surface area contributed by atoms with Crippen LogP contribution in [-0.4, -0.2) is 17.4 Å². The smallest absolute Gasteiger partial charge is 0.105 e. The lowest BCUT2D eigenvalue weighted by molar-refractivity contribution is 0.372. The number of rotatable bonds is 3. The summed E-state index contributed by atoms with van der Waals surface area (Å²) in [5.74, 6) is 0. The molecule has 0 aromatic heterocycles. The van der Waals surface area contributed by atoms with Gasteiger partial charge in [0.05, 0.1) is 17.8 Å². The molecule has 3 rings (SSSR count). The molecule has 0 saturated heterocycles. The van der Waals surface area contributed by atoms with Gasteiger partial charge in [-0.25, -0.2) is 0 Å². The summed E-state index contributed by atoms with van der Waals surface area (Å²) in [6, 6.07) is 17.5. The Morgan fingerprint density at radius 1 is 1.00 bits per heavy atom. The van der Waals surface area contributed by atoms with E-state index in [-0.39, 0.29) is 12.1 Å². The van der Waals surface area contributed by atoms with E-state index in [1.807, 2.05) is 12.4 Å². The highest BCUT2D eigenvalue weighted by Crippen LogP contribution is 2.30. The van der Waals surface area contributed by atoms with Crippen LogP contribution in [0.25, 0.3) is 0 Å². The predicted molar refractivity (Wildman–Crippen MR) is 88.5 cm³/mol. The molecule has 108 valence electrons. The average molecular weight is 279 g/mol. The van der Waals surface area contributed by atoms with Crippen molar-refractivity contribution in [1.29, 1.82) is 0 Å². The Morgan fingerprint density at radius 2 is 1.67 bits per heavy atom. The maximum atomic E-state index is 4.55. The molecule has 1 aliphatic rings. The Bertz CT molecular complexity index is 629. The molecule has 21 heavy (non-hydrogen) atoms. The number of hydrogen-bond acceptors (Lipinski definition) is 3. The monoisotopic (exact) mass is 279 g/mol. The molecule has 2 atom stereocenters. The van der Waals surface area contributed by atoms with E-state index in [1.165, 1.54) is 16.7 Å². The summed E-state index contributed by atoms with van der Waals surface area (Å²) in [5, 5.41) is 2.11. The molecule has 0 amide bonds. The lowest BCUT2D eigenvalue weighted by Crippen LogP contribution is -2.32. The number of hydrazine groups is 1. The quantitative estimate of drug-likeness (QED) is 0.915. The van der Waals surface area contributed by atoms with Crippen LogP contribution in [0, 0.1) is 13.8 Å². The standard InChI is InChI=1S/C18H21N3/c1-13-9-14(2)11-17(10-13)20-21-12-19-15(3)18(21)16-7-5-4-6-8-16/h4-12,15,18,20H,1-3H3. The molecule has 2 unspecified atom stereocenters. The van der Waals surface area contributed by atoms with Crippen molar-refractivity contribution in [3.63, 3.8) is 0 Å². The van der Waals surface area contributed by atoms with Crippen molar-refractivity contribution in [3.8, 4) is 0 Å². The zero-order valence-corrected chi connectivity index (χ0v) is 12.7. The molecule has 2 aromatic rings. The van der Waals surface area contributed by atoms with Gasteiger partial charge in [0, 0.05) is 0 Å². The van der Waals surface area contributed by atoms with Gasteiger partial charge < -0.3 is 0 Å². The molecular formula is C18H21N3. The molecule has 0 aliphatic carbocycles.